The fourth-order valence-electron chi connectivity index (χ4n) is 4.51. The summed E-state index contributed by atoms with van der Waals surface area (Å²) < 4.78 is 59.3. The highest BCUT2D eigenvalue weighted by Gasteiger charge is 2.49. The zero-order valence-electron chi connectivity index (χ0n) is 23.0. The summed E-state index contributed by atoms with van der Waals surface area (Å²) >= 11 is 0. The third-order valence-corrected chi connectivity index (χ3v) is 7.85. The quantitative estimate of drug-likeness (QED) is 0.278. The second kappa shape index (κ2) is 12.7. The predicted octanol–water partition coefficient (Wildman–Crippen LogP) is 1.01. The summed E-state index contributed by atoms with van der Waals surface area (Å²) in [6, 6.07) is -0.617. The molecule has 2 rings (SSSR count). The van der Waals surface area contributed by atoms with E-state index < -0.39 is 43.9 Å². The summed E-state index contributed by atoms with van der Waals surface area (Å²) in [6.07, 6.45) is -1.76. The number of methoxy groups -OCH3 is 2. The highest BCUT2D eigenvalue weighted by atomic mass is 31.2. The van der Waals surface area contributed by atoms with Crippen molar-refractivity contribution in [3.05, 3.63) is 0 Å². The lowest BCUT2D eigenvalue weighted by molar-refractivity contribution is -0.125. The van der Waals surface area contributed by atoms with Crippen molar-refractivity contribution in [2.45, 2.75) is 114 Å². The van der Waals surface area contributed by atoms with Gasteiger partial charge in [-0.05, 0) is 40.5 Å². The van der Waals surface area contributed by atoms with Crippen LogP contribution < -0.4 is 0 Å². The van der Waals surface area contributed by atoms with Crippen LogP contribution in [0.2, 0.25) is 0 Å². The number of rotatable bonds is 13. The molecule has 35 heavy (non-hydrogen) atoms. The molecule has 0 aromatic rings. The molecule has 0 radical (unpaired) electrons. The fourth-order valence-corrected chi connectivity index (χ4v) is 5.47. The lowest BCUT2D eigenvalue weighted by Gasteiger charge is -2.32. The van der Waals surface area contributed by atoms with Crippen LogP contribution in [0, 0.1) is 0 Å². The zero-order chi connectivity index (χ0) is 26.6. The molecule has 9 atom stereocenters. The topological polar surface area (TPSA) is 111 Å². The Morgan fingerprint density at radius 2 is 1.34 bits per heavy atom. The molecule has 2 saturated heterocycles. The minimum atomic E-state index is -4.50. The van der Waals surface area contributed by atoms with Crippen LogP contribution in [-0.2, 0) is 42.0 Å². The number of hydrogen-bond acceptors (Lipinski definition) is 9. The van der Waals surface area contributed by atoms with Crippen LogP contribution in [0.3, 0.4) is 0 Å². The second-order valence-corrected chi connectivity index (χ2v) is 12.1. The van der Waals surface area contributed by atoms with Gasteiger partial charge < -0.3 is 33.3 Å². The van der Waals surface area contributed by atoms with E-state index >= 15 is 0 Å². The largest absolute Gasteiger partial charge is 0.472 e. The van der Waals surface area contributed by atoms with Gasteiger partial charge in [-0.25, -0.2) is 4.57 Å². The van der Waals surface area contributed by atoms with Crippen molar-refractivity contribution in [2.75, 3.05) is 27.4 Å². The van der Waals surface area contributed by atoms with Gasteiger partial charge in [0.1, 0.15) is 52.3 Å². The number of phosphoric ester groups is 1. The van der Waals surface area contributed by atoms with Gasteiger partial charge in [0, 0.05) is 14.2 Å². The van der Waals surface area contributed by atoms with E-state index in [1.54, 1.807) is 7.11 Å². The number of hydrogen-bond donors (Lipinski definition) is 1. The molecular weight excluding hydrogens is 477 g/mol. The van der Waals surface area contributed by atoms with Crippen molar-refractivity contribution >= 4 is 23.5 Å². The lowest BCUT2D eigenvalue weighted by Crippen LogP contribution is -2.43. The van der Waals surface area contributed by atoms with Crippen molar-refractivity contribution in [3.8, 4) is 0 Å². The van der Waals surface area contributed by atoms with Gasteiger partial charge in [0.25, 0.3) is 0 Å². The monoisotopic (exact) mass is 522 g/mol. The Bertz CT molecular complexity index is 704. The molecule has 0 bridgehead atoms. The average molecular weight is 522 g/mol. The predicted molar refractivity (Wildman–Crippen MR) is 136 cm³/mol. The standard InChI is InChI=1S/C22H45B2O10P/c1-9-22(6,10-2)29-11-13-16(18(28-8)20(24)31-13)34-35(25,26)30-12-14-15(33-21(3,4)5)17(27-7)19(23)32-14/h13-20H,9-12,23-24H2,1-8H3,(H,25,26). The van der Waals surface area contributed by atoms with Gasteiger partial charge in [-0.2, -0.15) is 0 Å². The normalized spacial score (nSPS) is 35.9. The van der Waals surface area contributed by atoms with Gasteiger partial charge >= 0.3 is 7.82 Å². The summed E-state index contributed by atoms with van der Waals surface area (Å²) in [5.74, 6) is 0. The molecule has 2 heterocycles. The minimum absolute atomic E-state index is 0.202. The Hall–Kier alpha value is -0.000130. The summed E-state index contributed by atoms with van der Waals surface area (Å²) in [5, 5.41) is 0. The highest BCUT2D eigenvalue weighted by molar-refractivity contribution is 7.47. The molecule has 204 valence electrons. The van der Waals surface area contributed by atoms with Crippen LogP contribution in [0.5, 0.6) is 0 Å². The van der Waals surface area contributed by atoms with Crippen molar-refractivity contribution in [1.82, 2.24) is 0 Å². The van der Waals surface area contributed by atoms with Crippen molar-refractivity contribution in [3.63, 3.8) is 0 Å². The maximum atomic E-state index is 13.0. The Labute approximate surface area is 212 Å². The number of ether oxygens (including phenoxy) is 6. The minimum Gasteiger partial charge on any atom is -0.377 e. The van der Waals surface area contributed by atoms with Crippen LogP contribution in [0.1, 0.15) is 54.4 Å². The van der Waals surface area contributed by atoms with E-state index in [1.165, 1.54) is 7.11 Å². The zero-order valence-corrected chi connectivity index (χ0v) is 23.9. The molecule has 0 saturated carbocycles. The lowest BCUT2D eigenvalue weighted by atomic mass is 9.92. The van der Waals surface area contributed by atoms with Crippen LogP contribution in [-0.4, -0.2) is 108 Å². The van der Waals surface area contributed by atoms with E-state index in [0.29, 0.717) is 0 Å². The molecule has 0 aliphatic carbocycles. The first kappa shape index (κ1) is 31.2. The smallest absolute Gasteiger partial charge is 0.377 e. The van der Waals surface area contributed by atoms with Crippen molar-refractivity contribution in [2.24, 2.45) is 0 Å². The van der Waals surface area contributed by atoms with Gasteiger partial charge in [0.15, 0.2) is 0 Å². The Balaban J connectivity index is 2.08. The molecule has 0 amide bonds. The molecule has 0 spiro atoms. The first-order valence-electron chi connectivity index (χ1n) is 12.5. The first-order valence-corrected chi connectivity index (χ1v) is 14.0. The number of phosphoric acid groups is 1. The fraction of sp³-hybridized carbons (Fsp3) is 1.00. The van der Waals surface area contributed by atoms with E-state index in [2.05, 4.69) is 13.8 Å². The Morgan fingerprint density at radius 1 is 0.857 bits per heavy atom. The molecule has 13 heteroatoms. The van der Waals surface area contributed by atoms with Crippen LogP contribution in [0.4, 0.5) is 0 Å². The van der Waals surface area contributed by atoms with Gasteiger partial charge in [-0.15, -0.1) is 0 Å². The molecule has 2 aliphatic rings. The molecule has 9 unspecified atom stereocenters. The molecule has 0 aromatic heterocycles. The van der Waals surface area contributed by atoms with E-state index in [0.717, 1.165) is 12.8 Å². The molecule has 0 aromatic carbocycles. The van der Waals surface area contributed by atoms with Gasteiger partial charge in [0.2, 0.25) is 0 Å². The maximum Gasteiger partial charge on any atom is 0.472 e. The van der Waals surface area contributed by atoms with Gasteiger partial charge in [-0.1, -0.05) is 13.8 Å². The van der Waals surface area contributed by atoms with Crippen LogP contribution >= 0.6 is 7.82 Å². The van der Waals surface area contributed by atoms with Gasteiger partial charge in [-0.3, -0.25) is 9.05 Å². The molecule has 10 nitrogen and oxygen atoms in total. The summed E-state index contributed by atoms with van der Waals surface area (Å²) in [7, 11) is 2.30. The molecule has 2 aliphatic heterocycles. The summed E-state index contributed by atoms with van der Waals surface area (Å²) in [5.41, 5.74) is -0.785. The average Bonchev–Trinajstić information content (AvgIpc) is 3.23. The van der Waals surface area contributed by atoms with Gasteiger partial charge in [0.05, 0.1) is 36.4 Å². The third-order valence-electron chi connectivity index (χ3n) is 6.87. The molecule has 1 N–H and O–H groups in total. The summed E-state index contributed by atoms with van der Waals surface area (Å²) in [4.78, 5) is 10.6. The second-order valence-electron chi connectivity index (χ2n) is 10.7. The SMILES string of the molecule is BC1OC(COP(=O)(O)OC2C(COC(C)(CC)CC)OC(B)C2OC)C(OC(C)(C)C)C1OC. The molecule has 2 fully saturated rings. The van der Waals surface area contributed by atoms with Crippen molar-refractivity contribution in [1.29, 1.82) is 0 Å². The summed E-state index contributed by atoms with van der Waals surface area (Å²) in [6.45, 7) is 11.9. The Morgan fingerprint density at radius 3 is 1.80 bits per heavy atom. The maximum absolute atomic E-state index is 13.0. The van der Waals surface area contributed by atoms with Crippen molar-refractivity contribution < 1.29 is 46.9 Å². The van der Waals surface area contributed by atoms with Crippen LogP contribution in [0.25, 0.3) is 0 Å². The first-order chi connectivity index (χ1) is 16.2. The van der Waals surface area contributed by atoms with Crippen LogP contribution in [0.15, 0.2) is 0 Å². The van der Waals surface area contributed by atoms with E-state index in [4.69, 9.17) is 37.5 Å². The van der Waals surface area contributed by atoms with E-state index in [-0.39, 0.29) is 36.9 Å². The van der Waals surface area contributed by atoms with E-state index in [1.807, 2.05) is 43.4 Å². The Kier molecular flexibility index (Phi) is 11.3. The van der Waals surface area contributed by atoms with E-state index in [9.17, 15) is 9.46 Å². The third kappa shape index (κ3) is 8.50. The molecular formula is C22H45B2O10P. The highest BCUT2D eigenvalue weighted by Crippen LogP contribution is 2.48.